The second kappa shape index (κ2) is 8.35. The van der Waals surface area contributed by atoms with Gasteiger partial charge in [0.1, 0.15) is 12.4 Å². The lowest BCUT2D eigenvalue weighted by Gasteiger charge is -2.49. The SMILES string of the molecule is CC(=O)N1CC(O)CC2(CCN(C(=O)CCn3c(CO)nc4ccccc43)CC2)C1. The highest BCUT2D eigenvalue weighted by Crippen LogP contribution is 2.40. The van der Waals surface area contributed by atoms with Crippen LogP contribution in [-0.2, 0) is 22.7 Å². The number of rotatable bonds is 4. The van der Waals surface area contributed by atoms with E-state index in [2.05, 4.69) is 4.98 Å². The van der Waals surface area contributed by atoms with Crippen molar-refractivity contribution in [1.82, 2.24) is 19.4 Å². The van der Waals surface area contributed by atoms with Crippen molar-refractivity contribution in [2.24, 2.45) is 5.41 Å². The maximum Gasteiger partial charge on any atom is 0.224 e. The van der Waals surface area contributed by atoms with Crippen molar-refractivity contribution in [2.45, 2.75) is 51.9 Å². The summed E-state index contributed by atoms with van der Waals surface area (Å²) in [5.41, 5.74) is 1.65. The number of benzene rings is 1. The van der Waals surface area contributed by atoms with Gasteiger partial charge in [0.05, 0.1) is 17.1 Å². The molecule has 2 amide bonds. The molecule has 2 saturated heterocycles. The van der Waals surface area contributed by atoms with Crippen LogP contribution in [0.5, 0.6) is 0 Å². The molecule has 162 valence electrons. The molecule has 0 saturated carbocycles. The molecule has 2 aliphatic heterocycles. The van der Waals surface area contributed by atoms with Crippen LogP contribution in [0.3, 0.4) is 0 Å². The average Bonchev–Trinajstić information content (AvgIpc) is 3.09. The molecule has 3 heterocycles. The summed E-state index contributed by atoms with van der Waals surface area (Å²) in [5, 5.41) is 19.9. The number of carbonyl (C=O) groups is 2. The van der Waals surface area contributed by atoms with E-state index >= 15 is 0 Å². The fraction of sp³-hybridized carbons (Fsp3) is 0.591. The van der Waals surface area contributed by atoms with Crippen molar-refractivity contribution in [3.05, 3.63) is 30.1 Å². The lowest BCUT2D eigenvalue weighted by molar-refractivity contribution is -0.142. The molecule has 8 heteroatoms. The molecule has 30 heavy (non-hydrogen) atoms. The summed E-state index contributed by atoms with van der Waals surface area (Å²) >= 11 is 0. The fourth-order valence-corrected chi connectivity index (χ4v) is 5.05. The Morgan fingerprint density at radius 2 is 1.93 bits per heavy atom. The van der Waals surface area contributed by atoms with Crippen molar-refractivity contribution in [3.8, 4) is 0 Å². The first-order valence-electron chi connectivity index (χ1n) is 10.7. The van der Waals surface area contributed by atoms with E-state index in [0.29, 0.717) is 51.4 Å². The van der Waals surface area contributed by atoms with Crippen LogP contribution < -0.4 is 0 Å². The van der Waals surface area contributed by atoms with Gasteiger partial charge < -0.3 is 24.6 Å². The largest absolute Gasteiger partial charge is 0.391 e. The van der Waals surface area contributed by atoms with Gasteiger partial charge in [-0.2, -0.15) is 0 Å². The molecule has 0 bridgehead atoms. The van der Waals surface area contributed by atoms with Crippen molar-refractivity contribution in [1.29, 1.82) is 0 Å². The number of carbonyl (C=O) groups excluding carboxylic acids is 2. The first kappa shape index (κ1) is 20.8. The molecule has 1 aromatic heterocycles. The molecule has 1 unspecified atom stereocenters. The van der Waals surface area contributed by atoms with Crippen LogP contribution in [0.4, 0.5) is 0 Å². The summed E-state index contributed by atoms with van der Waals surface area (Å²) in [6.07, 6.45) is 2.16. The number of aliphatic hydroxyl groups is 2. The molecular weight excluding hydrogens is 384 g/mol. The Morgan fingerprint density at radius 1 is 1.20 bits per heavy atom. The van der Waals surface area contributed by atoms with E-state index in [9.17, 15) is 19.8 Å². The number of amides is 2. The fourth-order valence-electron chi connectivity index (χ4n) is 5.05. The van der Waals surface area contributed by atoms with E-state index in [0.717, 1.165) is 23.9 Å². The summed E-state index contributed by atoms with van der Waals surface area (Å²) in [5.74, 6) is 0.660. The van der Waals surface area contributed by atoms with Gasteiger partial charge in [0.15, 0.2) is 0 Å². The third-order valence-corrected chi connectivity index (χ3v) is 6.67. The van der Waals surface area contributed by atoms with E-state index in [-0.39, 0.29) is 23.8 Å². The van der Waals surface area contributed by atoms with Gasteiger partial charge in [-0.1, -0.05) is 12.1 Å². The van der Waals surface area contributed by atoms with E-state index in [1.165, 1.54) is 0 Å². The lowest BCUT2D eigenvalue weighted by Crippen LogP contribution is -2.55. The molecule has 1 aromatic carbocycles. The topological polar surface area (TPSA) is 98.9 Å². The van der Waals surface area contributed by atoms with Crippen LogP contribution in [0.2, 0.25) is 0 Å². The van der Waals surface area contributed by atoms with Gasteiger partial charge in [0, 0.05) is 46.1 Å². The zero-order valence-electron chi connectivity index (χ0n) is 17.5. The van der Waals surface area contributed by atoms with Crippen molar-refractivity contribution in [2.75, 3.05) is 26.2 Å². The third-order valence-electron chi connectivity index (χ3n) is 6.67. The van der Waals surface area contributed by atoms with Crippen molar-refractivity contribution >= 4 is 22.8 Å². The number of aryl methyl sites for hydroxylation is 1. The summed E-state index contributed by atoms with van der Waals surface area (Å²) in [7, 11) is 0. The number of imidazole rings is 1. The molecule has 0 radical (unpaired) electrons. The van der Waals surface area contributed by atoms with Crippen LogP contribution in [0.15, 0.2) is 24.3 Å². The van der Waals surface area contributed by atoms with Gasteiger partial charge in [0.2, 0.25) is 11.8 Å². The Balaban J connectivity index is 1.37. The van der Waals surface area contributed by atoms with Gasteiger partial charge in [-0.05, 0) is 36.8 Å². The zero-order valence-corrected chi connectivity index (χ0v) is 17.5. The van der Waals surface area contributed by atoms with Crippen molar-refractivity contribution in [3.63, 3.8) is 0 Å². The summed E-state index contributed by atoms with van der Waals surface area (Å²) in [6.45, 7) is 4.24. The summed E-state index contributed by atoms with van der Waals surface area (Å²) in [4.78, 5) is 32.7. The molecule has 1 spiro atoms. The number of nitrogens with zero attached hydrogens (tertiary/aromatic N) is 4. The predicted molar refractivity (Wildman–Crippen MR) is 111 cm³/mol. The van der Waals surface area contributed by atoms with E-state index in [1.54, 1.807) is 11.8 Å². The van der Waals surface area contributed by atoms with Gasteiger partial charge in [-0.25, -0.2) is 4.98 Å². The Labute approximate surface area is 176 Å². The smallest absolute Gasteiger partial charge is 0.224 e. The van der Waals surface area contributed by atoms with Crippen LogP contribution >= 0.6 is 0 Å². The Kier molecular flexibility index (Phi) is 5.79. The Morgan fingerprint density at radius 3 is 2.63 bits per heavy atom. The molecule has 2 fully saturated rings. The predicted octanol–water partition coefficient (Wildman–Crippen LogP) is 1.14. The Hall–Kier alpha value is -2.45. The molecule has 2 aliphatic rings. The van der Waals surface area contributed by atoms with Gasteiger partial charge >= 0.3 is 0 Å². The highest BCUT2D eigenvalue weighted by atomic mass is 16.3. The highest BCUT2D eigenvalue weighted by molar-refractivity contribution is 5.78. The summed E-state index contributed by atoms with van der Waals surface area (Å²) in [6, 6.07) is 7.69. The number of aromatic nitrogens is 2. The van der Waals surface area contributed by atoms with Gasteiger partial charge in [-0.3, -0.25) is 9.59 Å². The Bertz CT molecular complexity index is 932. The third kappa shape index (κ3) is 4.06. The molecule has 4 rings (SSSR count). The average molecular weight is 415 g/mol. The summed E-state index contributed by atoms with van der Waals surface area (Å²) < 4.78 is 1.92. The molecule has 2 N–H and O–H groups in total. The first-order chi connectivity index (χ1) is 14.4. The maximum absolute atomic E-state index is 12.9. The van der Waals surface area contributed by atoms with Crippen LogP contribution in [-0.4, -0.2) is 73.7 Å². The number of piperidine rings is 2. The molecule has 8 nitrogen and oxygen atoms in total. The van der Waals surface area contributed by atoms with E-state index < -0.39 is 6.10 Å². The standard InChI is InChI=1S/C22H30N4O4/c1-16(28)25-13-17(29)12-22(15-25)7-10-24(11-8-22)21(30)6-9-26-19-5-3-2-4-18(19)23-20(26)14-27/h2-5,17,27,29H,6-15H2,1H3. The van der Waals surface area contributed by atoms with E-state index in [1.807, 2.05) is 33.7 Å². The number of likely N-dealkylation sites (tertiary alicyclic amines) is 2. The minimum absolute atomic E-state index is 0.00104. The molecule has 2 aromatic rings. The number of aliphatic hydroxyl groups excluding tert-OH is 2. The number of fused-ring (bicyclic) bond motifs is 1. The number of para-hydroxylation sites is 2. The zero-order chi connectivity index (χ0) is 21.3. The normalized spacial score (nSPS) is 21.4. The minimum atomic E-state index is -0.490. The van der Waals surface area contributed by atoms with E-state index in [4.69, 9.17) is 0 Å². The second-order valence-electron chi connectivity index (χ2n) is 8.71. The molecule has 1 atom stereocenters. The maximum atomic E-state index is 12.9. The highest BCUT2D eigenvalue weighted by Gasteiger charge is 2.42. The molecule has 0 aliphatic carbocycles. The lowest BCUT2D eigenvalue weighted by atomic mass is 9.71. The number of hydrogen-bond donors (Lipinski definition) is 2. The quantitative estimate of drug-likeness (QED) is 0.782. The first-order valence-corrected chi connectivity index (χ1v) is 10.7. The second-order valence-corrected chi connectivity index (χ2v) is 8.71. The monoisotopic (exact) mass is 414 g/mol. The van der Waals surface area contributed by atoms with Crippen LogP contribution in [0.1, 0.15) is 38.4 Å². The number of hydrogen-bond acceptors (Lipinski definition) is 5. The van der Waals surface area contributed by atoms with Crippen molar-refractivity contribution < 1.29 is 19.8 Å². The van der Waals surface area contributed by atoms with Crippen LogP contribution in [0, 0.1) is 5.41 Å². The van der Waals surface area contributed by atoms with Gasteiger partial charge in [0.25, 0.3) is 0 Å². The molecular formula is C22H30N4O4. The number of β-amino-alcohol motifs (C(OH)–C–C–N with tert-alkyl or cyclic N) is 1. The minimum Gasteiger partial charge on any atom is -0.391 e. The van der Waals surface area contributed by atoms with Gasteiger partial charge in [-0.15, -0.1) is 0 Å². The van der Waals surface area contributed by atoms with Crippen LogP contribution in [0.25, 0.3) is 11.0 Å².